The maximum atomic E-state index is 11.7. The quantitative estimate of drug-likeness (QED) is 0.654. The normalized spacial score (nSPS) is 28.4. The van der Waals surface area contributed by atoms with E-state index in [0.29, 0.717) is 0 Å². The molecule has 1 aliphatic heterocycles. The van der Waals surface area contributed by atoms with Gasteiger partial charge in [0.15, 0.2) is 5.78 Å². The van der Waals surface area contributed by atoms with Gasteiger partial charge in [-0.1, -0.05) is 0 Å². The topological polar surface area (TPSA) is 52.3 Å². The lowest BCUT2D eigenvalue weighted by Crippen LogP contribution is -2.39. The maximum absolute atomic E-state index is 11.7. The first-order chi connectivity index (χ1) is 5.72. The second kappa shape index (κ2) is 2.82. The number of ketones is 1. The summed E-state index contributed by atoms with van der Waals surface area (Å²) in [7, 11) is 0. The minimum Gasteiger partial charge on any atom is -0.381 e. The summed E-state index contributed by atoms with van der Waals surface area (Å²) in [5.41, 5.74) is 5.40. The van der Waals surface area contributed by atoms with E-state index in [1.165, 1.54) is 0 Å². The Morgan fingerprint density at radius 1 is 1.33 bits per heavy atom. The Morgan fingerprint density at radius 2 is 1.92 bits per heavy atom. The lowest BCUT2D eigenvalue weighted by Gasteiger charge is -2.23. The molecule has 1 saturated carbocycles. The van der Waals surface area contributed by atoms with E-state index < -0.39 is 5.54 Å². The van der Waals surface area contributed by atoms with Gasteiger partial charge in [-0.05, 0) is 25.7 Å². The molecule has 1 heterocycles. The van der Waals surface area contributed by atoms with Gasteiger partial charge in [0.05, 0.1) is 5.54 Å². The summed E-state index contributed by atoms with van der Waals surface area (Å²) >= 11 is 0. The number of Topliss-reactive ketones (excluding diaryl/α,β-unsaturated/α-hetero) is 1. The van der Waals surface area contributed by atoms with Crippen LogP contribution < -0.4 is 5.73 Å². The molecule has 0 aromatic heterocycles. The molecule has 3 heteroatoms. The SMILES string of the molecule is NC1(C(=O)C2CCOCC2)CC1. The minimum absolute atomic E-state index is 0.186. The molecule has 0 atom stereocenters. The molecule has 0 spiro atoms. The van der Waals surface area contributed by atoms with Gasteiger partial charge in [-0.25, -0.2) is 0 Å². The summed E-state index contributed by atoms with van der Waals surface area (Å²) < 4.78 is 5.19. The van der Waals surface area contributed by atoms with Gasteiger partial charge in [0, 0.05) is 19.1 Å². The summed E-state index contributed by atoms with van der Waals surface area (Å²) in [4.78, 5) is 11.7. The van der Waals surface area contributed by atoms with Gasteiger partial charge in [-0.15, -0.1) is 0 Å². The third-order valence-electron chi connectivity index (χ3n) is 2.87. The average molecular weight is 169 g/mol. The average Bonchev–Trinajstić information content (AvgIpc) is 2.85. The minimum atomic E-state index is -0.429. The molecule has 0 aromatic rings. The molecule has 0 amide bonds. The van der Waals surface area contributed by atoms with E-state index in [0.717, 1.165) is 38.9 Å². The molecule has 2 rings (SSSR count). The van der Waals surface area contributed by atoms with Gasteiger partial charge in [-0.3, -0.25) is 4.79 Å². The number of hydrogen-bond donors (Lipinski definition) is 1. The molecule has 2 aliphatic rings. The van der Waals surface area contributed by atoms with Crippen molar-refractivity contribution in [2.24, 2.45) is 11.7 Å². The monoisotopic (exact) mass is 169 g/mol. The van der Waals surface area contributed by atoms with Crippen LogP contribution in [0.4, 0.5) is 0 Å². The van der Waals surface area contributed by atoms with Crippen LogP contribution in [0.1, 0.15) is 25.7 Å². The van der Waals surface area contributed by atoms with E-state index >= 15 is 0 Å². The summed E-state index contributed by atoms with van der Waals surface area (Å²) in [6.07, 6.45) is 3.53. The fourth-order valence-electron chi connectivity index (χ4n) is 1.75. The molecule has 12 heavy (non-hydrogen) atoms. The van der Waals surface area contributed by atoms with E-state index in [9.17, 15) is 4.79 Å². The molecule has 68 valence electrons. The molecule has 2 N–H and O–H groups in total. The lowest BCUT2D eigenvalue weighted by molar-refractivity contribution is -0.127. The first kappa shape index (κ1) is 8.20. The van der Waals surface area contributed by atoms with Crippen LogP contribution in [-0.2, 0) is 9.53 Å². The Bertz CT molecular complexity index is 193. The van der Waals surface area contributed by atoms with Gasteiger partial charge in [0.1, 0.15) is 0 Å². The zero-order chi connectivity index (χ0) is 8.60. The highest BCUT2D eigenvalue weighted by Crippen LogP contribution is 2.37. The van der Waals surface area contributed by atoms with Crippen molar-refractivity contribution in [1.82, 2.24) is 0 Å². The van der Waals surface area contributed by atoms with Gasteiger partial charge in [-0.2, -0.15) is 0 Å². The van der Waals surface area contributed by atoms with Crippen molar-refractivity contribution >= 4 is 5.78 Å². The fourth-order valence-corrected chi connectivity index (χ4v) is 1.75. The van der Waals surface area contributed by atoms with Crippen LogP contribution in [0, 0.1) is 5.92 Å². The van der Waals surface area contributed by atoms with E-state index in [-0.39, 0.29) is 11.7 Å². The smallest absolute Gasteiger partial charge is 0.155 e. The van der Waals surface area contributed by atoms with Crippen molar-refractivity contribution in [3.63, 3.8) is 0 Å². The van der Waals surface area contributed by atoms with Crippen molar-refractivity contribution in [2.75, 3.05) is 13.2 Å². The Morgan fingerprint density at radius 3 is 2.42 bits per heavy atom. The predicted octanol–water partition coefficient (Wildman–Crippen LogP) is 0.473. The molecule has 2 fully saturated rings. The van der Waals surface area contributed by atoms with Gasteiger partial charge in [0.25, 0.3) is 0 Å². The van der Waals surface area contributed by atoms with Crippen molar-refractivity contribution in [3.05, 3.63) is 0 Å². The van der Waals surface area contributed by atoms with Crippen molar-refractivity contribution in [3.8, 4) is 0 Å². The summed E-state index contributed by atoms with van der Waals surface area (Å²) in [6, 6.07) is 0. The number of hydrogen-bond acceptors (Lipinski definition) is 3. The van der Waals surface area contributed by atoms with E-state index in [1.807, 2.05) is 0 Å². The van der Waals surface area contributed by atoms with E-state index in [4.69, 9.17) is 10.5 Å². The zero-order valence-electron chi connectivity index (χ0n) is 7.21. The fraction of sp³-hybridized carbons (Fsp3) is 0.889. The number of carbonyl (C=O) groups excluding carboxylic acids is 1. The Kier molecular flexibility index (Phi) is 1.93. The first-order valence-electron chi connectivity index (χ1n) is 4.63. The Balaban J connectivity index is 1.94. The summed E-state index contributed by atoms with van der Waals surface area (Å²) in [5, 5.41) is 0. The number of nitrogens with two attached hydrogens (primary N) is 1. The van der Waals surface area contributed by atoms with Crippen molar-refractivity contribution < 1.29 is 9.53 Å². The van der Waals surface area contributed by atoms with Crippen LogP contribution >= 0.6 is 0 Å². The van der Waals surface area contributed by atoms with Crippen molar-refractivity contribution in [2.45, 2.75) is 31.2 Å². The largest absolute Gasteiger partial charge is 0.381 e. The van der Waals surface area contributed by atoms with Gasteiger partial charge < -0.3 is 10.5 Å². The second-order valence-corrected chi connectivity index (χ2v) is 3.91. The third-order valence-corrected chi connectivity index (χ3v) is 2.87. The number of rotatable bonds is 2. The molecule has 0 unspecified atom stereocenters. The predicted molar refractivity (Wildman–Crippen MR) is 44.7 cm³/mol. The van der Waals surface area contributed by atoms with Crippen LogP contribution in [0.15, 0.2) is 0 Å². The highest BCUT2D eigenvalue weighted by atomic mass is 16.5. The molecule has 1 aliphatic carbocycles. The van der Waals surface area contributed by atoms with Crippen LogP contribution in [0.5, 0.6) is 0 Å². The molecule has 3 nitrogen and oxygen atoms in total. The zero-order valence-corrected chi connectivity index (χ0v) is 7.21. The van der Waals surface area contributed by atoms with Crippen molar-refractivity contribution in [1.29, 1.82) is 0 Å². The van der Waals surface area contributed by atoms with Crippen LogP contribution in [0.3, 0.4) is 0 Å². The molecule has 0 radical (unpaired) electrons. The Hall–Kier alpha value is -0.410. The molecular formula is C9H15NO2. The van der Waals surface area contributed by atoms with Crippen LogP contribution in [0.25, 0.3) is 0 Å². The third kappa shape index (κ3) is 1.39. The van der Waals surface area contributed by atoms with Crippen LogP contribution in [-0.4, -0.2) is 24.5 Å². The van der Waals surface area contributed by atoms with E-state index in [1.54, 1.807) is 0 Å². The summed E-state index contributed by atoms with van der Waals surface area (Å²) in [5.74, 6) is 0.469. The first-order valence-corrected chi connectivity index (χ1v) is 4.63. The van der Waals surface area contributed by atoms with Crippen LogP contribution in [0.2, 0.25) is 0 Å². The highest BCUT2D eigenvalue weighted by Gasteiger charge is 2.48. The van der Waals surface area contributed by atoms with Gasteiger partial charge in [0.2, 0.25) is 0 Å². The van der Waals surface area contributed by atoms with Gasteiger partial charge >= 0.3 is 0 Å². The molecule has 0 aromatic carbocycles. The highest BCUT2D eigenvalue weighted by molar-refractivity contribution is 5.92. The maximum Gasteiger partial charge on any atom is 0.155 e. The number of ether oxygens (including phenoxy) is 1. The lowest BCUT2D eigenvalue weighted by atomic mass is 9.90. The second-order valence-electron chi connectivity index (χ2n) is 3.91. The number of carbonyl (C=O) groups is 1. The standard InChI is InChI=1S/C9H15NO2/c10-9(3-4-9)8(11)7-1-5-12-6-2-7/h7H,1-6,10H2. The molecule has 0 bridgehead atoms. The summed E-state index contributed by atoms with van der Waals surface area (Å²) in [6.45, 7) is 1.46. The Labute approximate surface area is 72.3 Å². The molecule has 1 saturated heterocycles. The van der Waals surface area contributed by atoms with E-state index in [2.05, 4.69) is 0 Å². The molecular weight excluding hydrogens is 154 g/mol.